The van der Waals surface area contributed by atoms with Crippen molar-refractivity contribution in [3.05, 3.63) is 83.1 Å². The smallest absolute Gasteiger partial charge is 0.255 e. The van der Waals surface area contributed by atoms with Gasteiger partial charge in [-0.2, -0.15) is 0 Å². The fraction of sp³-hybridized carbons (Fsp3) is 0. The number of fused-ring (bicyclic) bond motifs is 1. The molecule has 0 atom stereocenters. The topological polar surface area (TPSA) is 55.1 Å². The van der Waals surface area contributed by atoms with Crippen LogP contribution in [-0.4, -0.2) is 10.9 Å². The normalized spacial score (nSPS) is 10.8. The maximum absolute atomic E-state index is 13.3. The zero-order chi connectivity index (χ0) is 18.1. The Kier molecular flexibility index (Phi) is 4.14. The second kappa shape index (κ2) is 6.61. The Labute approximate surface area is 153 Å². The van der Waals surface area contributed by atoms with Gasteiger partial charge in [-0.05, 0) is 48.5 Å². The van der Waals surface area contributed by atoms with Crippen LogP contribution < -0.4 is 5.32 Å². The van der Waals surface area contributed by atoms with Crippen molar-refractivity contribution < 1.29 is 13.6 Å². The number of para-hydroxylation sites is 2. The summed E-state index contributed by atoms with van der Waals surface area (Å²) in [7, 11) is 0. The maximum Gasteiger partial charge on any atom is 0.255 e. The number of hydrogen-bond acceptors (Lipinski definition) is 3. The Bertz CT molecular complexity index is 1090. The van der Waals surface area contributed by atoms with Crippen molar-refractivity contribution in [1.29, 1.82) is 0 Å². The molecule has 1 N–H and O–H groups in total. The average Bonchev–Trinajstić information content (AvgIpc) is 3.07. The van der Waals surface area contributed by atoms with Crippen molar-refractivity contribution in [2.45, 2.75) is 0 Å². The summed E-state index contributed by atoms with van der Waals surface area (Å²) in [5.41, 5.74) is 2.64. The number of anilines is 1. The quantitative estimate of drug-likeness (QED) is 0.518. The number of rotatable bonds is 3. The van der Waals surface area contributed by atoms with E-state index in [4.69, 9.17) is 16.0 Å². The average molecular weight is 367 g/mol. The molecular weight excluding hydrogens is 355 g/mol. The zero-order valence-electron chi connectivity index (χ0n) is 13.4. The molecule has 0 aliphatic heterocycles. The lowest BCUT2D eigenvalue weighted by Gasteiger charge is -2.08. The number of aromatic nitrogens is 1. The zero-order valence-corrected chi connectivity index (χ0v) is 14.1. The summed E-state index contributed by atoms with van der Waals surface area (Å²) in [5, 5.41) is 3.17. The van der Waals surface area contributed by atoms with E-state index in [0.717, 1.165) is 0 Å². The molecule has 0 bridgehead atoms. The van der Waals surface area contributed by atoms with Gasteiger partial charge >= 0.3 is 0 Å². The molecule has 0 aliphatic rings. The van der Waals surface area contributed by atoms with Gasteiger partial charge in [0, 0.05) is 11.3 Å². The first-order valence-corrected chi connectivity index (χ1v) is 8.20. The van der Waals surface area contributed by atoms with E-state index in [0.29, 0.717) is 33.3 Å². The molecule has 0 radical (unpaired) electrons. The van der Waals surface area contributed by atoms with Gasteiger partial charge in [0.25, 0.3) is 5.91 Å². The first-order valence-electron chi connectivity index (χ1n) is 7.82. The molecule has 26 heavy (non-hydrogen) atoms. The van der Waals surface area contributed by atoms with Gasteiger partial charge < -0.3 is 9.73 Å². The van der Waals surface area contributed by atoms with E-state index >= 15 is 0 Å². The lowest BCUT2D eigenvalue weighted by atomic mass is 10.1. The molecule has 4 nitrogen and oxygen atoms in total. The fourth-order valence-corrected chi connectivity index (χ4v) is 2.79. The summed E-state index contributed by atoms with van der Waals surface area (Å²) >= 11 is 6.27. The highest BCUT2D eigenvalue weighted by atomic mass is 35.5. The van der Waals surface area contributed by atoms with E-state index in [1.807, 2.05) is 24.3 Å². The van der Waals surface area contributed by atoms with E-state index in [9.17, 15) is 9.18 Å². The van der Waals surface area contributed by atoms with E-state index < -0.39 is 11.7 Å². The monoisotopic (exact) mass is 366 g/mol. The Balaban J connectivity index is 1.67. The summed E-state index contributed by atoms with van der Waals surface area (Å²) in [5.74, 6) is -0.533. The number of halogens is 2. The van der Waals surface area contributed by atoms with Crippen LogP contribution in [0, 0.1) is 5.82 Å². The SMILES string of the molecule is O=C(Nc1ccc(Cl)c(-c2nc3ccccc3o2)c1)c1cccc(F)c1. The van der Waals surface area contributed by atoms with Gasteiger partial charge in [-0.15, -0.1) is 0 Å². The van der Waals surface area contributed by atoms with Crippen LogP contribution in [0.1, 0.15) is 10.4 Å². The van der Waals surface area contributed by atoms with E-state index in [1.54, 1.807) is 18.2 Å². The second-order valence-corrected chi connectivity index (χ2v) is 6.05. The lowest BCUT2D eigenvalue weighted by molar-refractivity contribution is 0.102. The van der Waals surface area contributed by atoms with Crippen LogP contribution >= 0.6 is 11.6 Å². The van der Waals surface area contributed by atoms with Crippen LogP contribution in [0.25, 0.3) is 22.6 Å². The van der Waals surface area contributed by atoms with Crippen molar-refractivity contribution in [3.63, 3.8) is 0 Å². The van der Waals surface area contributed by atoms with Gasteiger partial charge in [0.2, 0.25) is 5.89 Å². The number of carbonyl (C=O) groups is 1. The predicted molar refractivity (Wildman–Crippen MR) is 98.8 cm³/mol. The molecule has 0 unspecified atom stereocenters. The third-order valence-electron chi connectivity index (χ3n) is 3.84. The Hall–Kier alpha value is -3.18. The Morgan fingerprint density at radius 2 is 1.88 bits per heavy atom. The number of amides is 1. The van der Waals surface area contributed by atoms with Gasteiger partial charge in [-0.3, -0.25) is 4.79 Å². The molecule has 0 fully saturated rings. The highest BCUT2D eigenvalue weighted by Crippen LogP contribution is 2.32. The van der Waals surface area contributed by atoms with Gasteiger partial charge in [-0.25, -0.2) is 9.37 Å². The van der Waals surface area contributed by atoms with Gasteiger partial charge in [0.1, 0.15) is 11.3 Å². The van der Waals surface area contributed by atoms with Crippen molar-refractivity contribution >= 4 is 34.3 Å². The number of oxazole rings is 1. The molecule has 4 aromatic rings. The lowest BCUT2D eigenvalue weighted by Crippen LogP contribution is -2.12. The molecule has 128 valence electrons. The largest absolute Gasteiger partial charge is 0.436 e. The van der Waals surface area contributed by atoms with Crippen molar-refractivity contribution in [1.82, 2.24) is 4.98 Å². The van der Waals surface area contributed by atoms with E-state index in [1.165, 1.54) is 24.3 Å². The fourth-order valence-electron chi connectivity index (χ4n) is 2.59. The Morgan fingerprint density at radius 3 is 2.69 bits per heavy atom. The molecule has 3 aromatic carbocycles. The van der Waals surface area contributed by atoms with Crippen LogP contribution in [-0.2, 0) is 0 Å². The molecule has 6 heteroatoms. The summed E-state index contributed by atoms with van der Waals surface area (Å²) < 4.78 is 19.0. The minimum atomic E-state index is -0.471. The standard InChI is InChI=1S/C20H12ClFN2O2/c21-16-9-8-14(23-19(25)12-4-3-5-13(22)10-12)11-15(16)20-24-17-6-1-2-7-18(17)26-20/h1-11H,(H,23,25). The molecule has 0 saturated heterocycles. The minimum absolute atomic E-state index is 0.225. The Morgan fingerprint density at radius 1 is 1.04 bits per heavy atom. The van der Waals surface area contributed by atoms with Crippen molar-refractivity contribution in [2.24, 2.45) is 0 Å². The minimum Gasteiger partial charge on any atom is -0.436 e. The second-order valence-electron chi connectivity index (χ2n) is 5.65. The first kappa shape index (κ1) is 16.3. The van der Waals surface area contributed by atoms with Crippen molar-refractivity contribution in [3.8, 4) is 11.5 Å². The molecule has 0 saturated carbocycles. The maximum atomic E-state index is 13.3. The van der Waals surface area contributed by atoms with E-state index in [2.05, 4.69) is 10.3 Å². The molecule has 1 amide bonds. The highest BCUT2D eigenvalue weighted by molar-refractivity contribution is 6.33. The summed E-state index contributed by atoms with van der Waals surface area (Å²) in [6.07, 6.45) is 0. The first-order chi connectivity index (χ1) is 12.6. The van der Waals surface area contributed by atoms with Crippen LogP contribution in [0.2, 0.25) is 5.02 Å². The molecular formula is C20H12ClFN2O2. The third-order valence-corrected chi connectivity index (χ3v) is 4.16. The van der Waals surface area contributed by atoms with Gasteiger partial charge in [0.15, 0.2) is 5.58 Å². The molecule has 4 rings (SSSR count). The van der Waals surface area contributed by atoms with Crippen LogP contribution in [0.4, 0.5) is 10.1 Å². The van der Waals surface area contributed by atoms with Gasteiger partial charge in [0.05, 0.1) is 10.6 Å². The highest BCUT2D eigenvalue weighted by Gasteiger charge is 2.14. The van der Waals surface area contributed by atoms with Crippen LogP contribution in [0.5, 0.6) is 0 Å². The summed E-state index contributed by atoms with van der Waals surface area (Å²) in [6.45, 7) is 0. The molecule has 1 aromatic heterocycles. The van der Waals surface area contributed by atoms with Crippen molar-refractivity contribution in [2.75, 3.05) is 5.32 Å². The van der Waals surface area contributed by atoms with Crippen LogP contribution in [0.3, 0.4) is 0 Å². The number of nitrogens with one attached hydrogen (secondary N) is 1. The third kappa shape index (κ3) is 3.17. The number of carbonyl (C=O) groups excluding carboxylic acids is 1. The van der Waals surface area contributed by atoms with Gasteiger partial charge in [-0.1, -0.05) is 29.8 Å². The molecule has 1 heterocycles. The predicted octanol–water partition coefficient (Wildman–Crippen LogP) is 5.54. The number of benzene rings is 3. The van der Waals surface area contributed by atoms with E-state index in [-0.39, 0.29) is 5.56 Å². The summed E-state index contributed by atoms with van der Waals surface area (Å²) in [4.78, 5) is 16.7. The summed E-state index contributed by atoms with van der Waals surface area (Å²) in [6, 6.07) is 17.8. The molecule has 0 spiro atoms. The molecule has 0 aliphatic carbocycles. The van der Waals surface area contributed by atoms with Crippen LogP contribution in [0.15, 0.2) is 71.1 Å². The number of hydrogen-bond donors (Lipinski definition) is 1. The number of nitrogens with zero attached hydrogens (tertiary/aromatic N) is 1.